The molecule has 3 heterocycles. The van der Waals surface area contributed by atoms with E-state index in [-0.39, 0.29) is 0 Å². The average Bonchev–Trinajstić information content (AvgIpc) is 2.75. The Morgan fingerprint density at radius 2 is 1.78 bits per heavy atom. The zero-order valence-corrected chi connectivity index (χ0v) is 11.9. The van der Waals surface area contributed by atoms with Crippen LogP contribution in [0.15, 0.2) is 23.2 Å². The number of anilines is 1. The number of aromatic nitrogens is 3. The highest BCUT2D eigenvalue weighted by atomic mass is 79.9. The Bertz CT molecular complexity index is 529. The van der Waals surface area contributed by atoms with Gasteiger partial charge in [-0.2, -0.15) is 0 Å². The van der Waals surface area contributed by atoms with Gasteiger partial charge in [0.05, 0.1) is 0 Å². The summed E-state index contributed by atoms with van der Waals surface area (Å²) >= 11 is 3.48. The van der Waals surface area contributed by atoms with Crippen molar-refractivity contribution in [2.45, 2.75) is 32.1 Å². The van der Waals surface area contributed by atoms with E-state index in [2.05, 4.69) is 30.8 Å². The van der Waals surface area contributed by atoms with Crippen molar-refractivity contribution in [3.05, 3.63) is 23.2 Å². The third-order valence-electron chi connectivity index (χ3n) is 3.48. The van der Waals surface area contributed by atoms with Crippen LogP contribution in [0.5, 0.6) is 0 Å². The maximum absolute atomic E-state index is 4.63. The minimum absolute atomic E-state index is 0.866. The van der Waals surface area contributed by atoms with Gasteiger partial charge in [-0.15, -0.1) is 0 Å². The van der Waals surface area contributed by atoms with Gasteiger partial charge >= 0.3 is 0 Å². The first-order valence-corrected chi connectivity index (χ1v) is 7.38. The van der Waals surface area contributed by atoms with Gasteiger partial charge in [0.2, 0.25) is 0 Å². The molecule has 1 aliphatic rings. The second-order valence-corrected chi connectivity index (χ2v) is 5.61. The largest absolute Gasteiger partial charge is 0.353 e. The Morgan fingerprint density at radius 3 is 2.56 bits per heavy atom. The molecular formula is C13H17BrN4. The minimum Gasteiger partial charge on any atom is -0.353 e. The number of hydrogen-bond acceptors (Lipinski definition) is 3. The average molecular weight is 309 g/mol. The van der Waals surface area contributed by atoms with E-state index in [0.29, 0.717) is 0 Å². The number of fused-ring (bicyclic) bond motifs is 1. The van der Waals surface area contributed by atoms with E-state index < -0.39 is 0 Å². The van der Waals surface area contributed by atoms with Crippen molar-refractivity contribution in [1.82, 2.24) is 14.4 Å². The molecule has 0 saturated carbocycles. The van der Waals surface area contributed by atoms with Crippen LogP contribution >= 0.6 is 15.9 Å². The zero-order chi connectivity index (χ0) is 12.4. The minimum atomic E-state index is 0.866. The molecule has 0 N–H and O–H groups in total. The lowest BCUT2D eigenvalue weighted by atomic mass is 10.1. The summed E-state index contributed by atoms with van der Waals surface area (Å²) in [5.41, 5.74) is 0.957. The van der Waals surface area contributed by atoms with Crippen LogP contribution in [0.25, 0.3) is 5.65 Å². The van der Waals surface area contributed by atoms with Crippen LogP contribution < -0.4 is 4.90 Å². The molecule has 3 rings (SSSR count). The molecule has 0 bridgehead atoms. The highest BCUT2D eigenvalue weighted by Gasteiger charge is 2.15. The highest BCUT2D eigenvalue weighted by molar-refractivity contribution is 9.10. The Hall–Kier alpha value is -1.10. The van der Waals surface area contributed by atoms with E-state index in [4.69, 9.17) is 0 Å². The van der Waals surface area contributed by atoms with Crippen LogP contribution in [-0.2, 0) is 0 Å². The van der Waals surface area contributed by atoms with Crippen molar-refractivity contribution in [3.8, 4) is 0 Å². The predicted octanol–water partition coefficient (Wildman–Crippen LogP) is 3.26. The zero-order valence-electron chi connectivity index (χ0n) is 10.3. The maximum atomic E-state index is 4.63. The normalized spacial score (nSPS) is 17.7. The van der Waals surface area contributed by atoms with Crippen LogP contribution in [0.2, 0.25) is 0 Å². The summed E-state index contributed by atoms with van der Waals surface area (Å²) in [6.45, 7) is 2.18. The van der Waals surface area contributed by atoms with Gasteiger partial charge in [0, 0.05) is 31.7 Å². The van der Waals surface area contributed by atoms with E-state index in [9.17, 15) is 0 Å². The number of halogens is 1. The fourth-order valence-electron chi connectivity index (χ4n) is 2.56. The summed E-state index contributed by atoms with van der Waals surface area (Å²) in [4.78, 5) is 11.4. The summed E-state index contributed by atoms with van der Waals surface area (Å²) in [5.74, 6) is 1.01. The van der Waals surface area contributed by atoms with Crippen molar-refractivity contribution in [2.75, 3.05) is 18.0 Å². The van der Waals surface area contributed by atoms with Crippen molar-refractivity contribution < 1.29 is 0 Å². The maximum Gasteiger partial charge on any atom is 0.180 e. The topological polar surface area (TPSA) is 33.4 Å². The monoisotopic (exact) mass is 308 g/mol. The summed E-state index contributed by atoms with van der Waals surface area (Å²) in [7, 11) is 0. The molecule has 1 aliphatic heterocycles. The molecule has 0 radical (unpaired) electrons. The molecule has 1 fully saturated rings. The van der Waals surface area contributed by atoms with E-state index in [1.165, 1.54) is 32.1 Å². The van der Waals surface area contributed by atoms with Gasteiger partial charge in [-0.05, 0) is 28.8 Å². The fraction of sp³-hybridized carbons (Fsp3) is 0.538. The molecule has 0 aliphatic carbocycles. The van der Waals surface area contributed by atoms with Crippen LogP contribution in [0.1, 0.15) is 32.1 Å². The van der Waals surface area contributed by atoms with E-state index >= 15 is 0 Å². The second kappa shape index (κ2) is 5.26. The number of imidazole rings is 1. The molecule has 18 heavy (non-hydrogen) atoms. The van der Waals surface area contributed by atoms with Crippen molar-refractivity contribution in [2.24, 2.45) is 0 Å². The van der Waals surface area contributed by atoms with Crippen molar-refractivity contribution >= 4 is 27.4 Å². The highest BCUT2D eigenvalue weighted by Crippen LogP contribution is 2.23. The number of nitrogens with zero attached hydrogens (tertiary/aromatic N) is 4. The van der Waals surface area contributed by atoms with Gasteiger partial charge in [0.1, 0.15) is 4.60 Å². The van der Waals surface area contributed by atoms with Gasteiger partial charge < -0.3 is 9.30 Å². The summed E-state index contributed by atoms with van der Waals surface area (Å²) in [5, 5.41) is 0. The number of hydrogen-bond donors (Lipinski definition) is 0. The summed E-state index contributed by atoms with van der Waals surface area (Å²) < 4.78 is 2.90. The molecule has 4 nitrogen and oxygen atoms in total. The predicted molar refractivity (Wildman–Crippen MR) is 76.0 cm³/mol. The van der Waals surface area contributed by atoms with Crippen LogP contribution in [0, 0.1) is 0 Å². The smallest absolute Gasteiger partial charge is 0.180 e. The first-order chi connectivity index (χ1) is 8.84. The van der Waals surface area contributed by atoms with Gasteiger partial charge in [-0.1, -0.05) is 19.3 Å². The fourth-order valence-corrected chi connectivity index (χ4v) is 2.95. The molecule has 0 amide bonds. The van der Waals surface area contributed by atoms with E-state index in [0.717, 1.165) is 29.2 Å². The molecular weight excluding hydrogens is 292 g/mol. The second-order valence-electron chi connectivity index (χ2n) is 4.80. The van der Waals surface area contributed by atoms with Crippen molar-refractivity contribution in [3.63, 3.8) is 0 Å². The molecule has 0 spiro atoms. The van der Waals surface area contributed by atoms with E-state index in [1.54, 1.807) is 0 Å². The first kappa shape index (κ1) is 12.0. The van der Waals surface area contributed by atoms with Crippen LogP contribution in [0.3, 0.4) is 0 Å². The van der Waals surface area contributed by atoms with Gasteiger partial charge in [-0.25, -0.2) is 9.97 Å². The van der Waals surface area contributed by atoms with Gasteiger partial charge in [0.15, 0.2) is 11.5 Å². The molecule has 1 saturated heterocycles. The van der Waals surface area contributed by atoms with Crippen LogP contribution in [-0.4, -0.2) is 27.5 Å². The third kappa shape index (κ3) is 2.36. The Kier molecular flexibility index (Phi) is 3.50. The molecule has 0 aromatic carbocycles. The van der Waals surface area contributed by atoms with Gasteiger partial charge in [-0.3, -0.25) is 0 Å². The van der Waals surface area contributed by atoms with Crippen molar-refractivity contribution in [1.29, 1.82) is 0 Å². The number of rotatable bonds is 1. The Balaban J connectivity index is 1.98. The molecule has 5 heteroatoms. The lowest BCUT2D eigenvalue weighted by Crippen LogP contribution is -2.28. The SMILES string of the molecule is Brc1cn2ccnc2c(N2CCCCCCC2)n1. The first-order valence-electron chi connectivity index (χ1n) is 6.59. The molecule has 2 aromatic rings. The third-order valence-corrected chi connectivity index (χ3v) is 3.86. The lowest BCUT2D eigenvalue weighted by molar-refractivity contribution is 0.554. The molecule has 96 valence electrons. The van der Waals surface area contributed by atoms with Gasteiger partial charge in [0.25, 0.3) is 0 Å². The molecule has 2 aromatic heterocycles. The Morgan fingerprint density at radius 1 is 1.06 bits per heavy atom. The summed E-state index contributed by atoms with van der Waals surface area (Å²) in [6.07, 6.45) is 12.3. The lowest BCUT2D eigenvalue weighted by Gasteiger charge is -2.26. The standard InChI is InChI=1S/C13H17BrN4/c14-11-10-18-9-6-15-12(18)13(16-11)17-7-4-2-1-3-5-8-17/h6,9-10H,1-5,7-8H2. The molecule has 0 atom stereocenters. The molecule has 0 unspecified atom stereocenters. The van der Waals surface area contributed by atoms with Crippen LogP contribution in [0.4, 0.5) is 5.82 Å². The van der Waals surface area contributed by atoms with E-state index in [1.807, 2.05) is 23.0 Å². The quantitative estimate of drug-likeness (QED) is 0.811. The Labute approximate surface area is 115 Å². The summed E-state index contributed by atoms with van der Waals surface area (Å²) in [6, 6.07) is 0.